The fourth-order valence-electron chi connectivity index (χ4n) is 4.04. The highest BCUT2D eigenvalue weighted by Crippen LogP contribution is 2.37. The van der Waals surface area contributed by atoms with E-state index in [1.807, 2.05) is 0 Å². The molecular weight excluding hydrogens is 603 g/mol. The molecule has 1 aliphatic rings. The topological polar surface area (TPSA) is 173 Å². The minimum atomic E-state index is -2.93. The third-order valence-corrected chi connectivity index (χ3v) is 6.17. The molecule has 1 fully saturated rings. The van der Waals surface area contributed by atoms with E-state index in [4.69, 9.17) is 28.4 Å². The third kappa shape index (κ3) is 7.55. The predicted molar refractivity (Wildman–Crippen MR) is 134 cm³/mol. The number of halogens is 2. The molecule has 0 spiro atoms. The summed E-state index contributed by atoms with van der Waals surface area (Å²) in [5, 5.41) is 18.4. The van der Waals surface area contributed by atoms with Crippen molar-refractivity contribution in [3.8, 4) is 5.88 Å². The molecule has 2 heterocycles. The summed E-state index contributed by atoms with van der Waals surface area (Å²) in [4.78, 5) is 47.5. The van der Waals surface area contributed by atoms with Crippen LogP contribution in [0.5, 0.6) is 5.88 Å². The fraction of sp³-hybridized carbons (Fsp3) is 0.480. The second-order valence-electron chi connectivity index (χ2n) is 8.91. The molecule has 0 radical (unpaired) electrons. The molecule has 0 aliphatic carbocycles. The Kier molecular flexibility index (Phi) is 9.87. The van der Waals surface area contributed by atoms with Crippen molar-refractivity contribution in [3.63, 3.8) is 0 Å². The normalized spacial score (nSPS) is 24.1. The van der Waals surface area contributed by atoms with Gasteiger partial charge in [0.1, 0.15) is 18.5 Å². The van der Waals surface area contributed by atoms with Crippen LogP contribution in [-0.4, -0.2) is 76.2 Å². The van der Waals surface area contributed by atoms with Crippen molar-refractivity contribution in [3.05, 3.63) is 45.3 Å². The standard InChI is InChI=1S/C25H28BrFN2O11/c1-11-18(8-16-6-7-17(26)9-19(16)27)24(29-28-11)40-25(34)23(38-15(5)33)22(37-14(4)32)21(36-13(3)31)20(39-25)10-35-12(2)30/h6-7,9,20-23,34H,8,10H2,1-5H3,(H,28,29)/t20-,21-,22+,23-,25-/m1/s1. The molecule has 5 atom stereocenters. The van der Waals surface area contributed by atoms with E-state index in [0.717, 1.165) is 27.7 Å². The number of aromatic nitrogens is 2. The molecule has 2 aromatic rings. The van der Waals surface area contributed by atoms with Crippen LogP contribution in [0.15, 0.2) is 22.7 Å². The molecule has 1 saturated heterocycles. The zero-order valence-corrected chi connectivity index (χ0v) is 23.8. The lowest BCUT2D eigenvalue weighted by Gasteiger charge is -2.47. The maximum absolute atomic E-state index is 14.6. The molecule has 0 saturated carbocycles. The number of hydrogen-bond donors (Lipinski definition) is 2. The number of hydrogen-bond acceptors (Lipinski definition) is 12. The van der Waals surface area contributed by atoms with Gasteiger partial charge in [0, 0.05) is 49.8 Å². The number of nitrogens with one attached hydrogen (secondary N) is 1. The number of aryl methyl sites for hydroxylation is 1. The molecule has 1 aromatic heterocycles. The Balaban J connectivity index is 2.07. The third-order valence-electron chi connectivity index (χ3n) is 5.68. The molecule has 0 unspecified atom stereocenters. The van der Waals surface area contributed by atoms with Gasteiger partial charge < -0.3 is 33.5 Å². The van der Waals surface area contributed by atoms with Gasteiger partial charge in [-0.2, -0.15) is 0 Å². The Morgan fingerprint density at radius 3 is 2.25 bits per heavy atom. The number of aromatic amines is 1. The Bertz CT molecular complexity index is 1290. The first kappa shape index (κ1) is 31.0. The van der Waals surface area contributed by atoms with Crippen LogP contribution in [0.1, 0.15) is 44.5 Å². The van der Waals surface area contributed by atoms with Crippen LogP contribution in [0.2, 0.25) is 0 Å². The van der Waals surface area contributed by atoms with E-state index in [0.29, 0.717) is 15.7 Å². The summed E-state index contributed by atoms with van der Waals surface area (Å²) in [6.07, 6.45) is -6.63. The van der Waals surface area contributed by atoms with Gasteiger partial charge in [0.2, 0.25) is 12.0 Å². The Hall–Kier alpha value is -3.56. The lowest BCUT2D eigenvalue weighted by molar-refractivity contribution is -0.422. The summed E-state index contributed by atoms with van der Waals surface area (Å²) in [5.74, 6) is -7.12. The van der Waals surface area contributed by atoms with Crippen molar-refractivity contribution in [2.45, 2.75) is 71.4 Å². The highest BCUT2D eigenvalue weighted by atomic mass is 79.9. The van der Waals surface area contributed by atoms with Gasteiger partial charge in [0.15, 0.2) is 12.2 Å². The Labute approximate surface area is 236 Å². The number of benzene rings is 1. The van der Waals surface area contributed by atoms with Gasteiger partial charge >= 0.3 is 29.9 Å². The van der Waals surface area contributed by atoms with Crippen molar-refractivity contribution >= 4 is 39.8 Å². The predicted octanol–water partition coefficient (Wildman–Crippen LogP) is 1.99. The van der Waals surface area contributed by atoms with Gasteiger partial charge in [-0.15, -0.1) is 5.10 Å². The smallest absolute Gasteiger partial charge is 0.369 e. The number of aliphatic hydroxyl groups is 1. The van der Waals surface area contributed by atoms with Gasteiger partial charge in [0.05, 0.1) is 0 Å². The van der Waals surface area contributed by atoms with Crippen LogP contribution in [-0.2, 0) is 49.3 Å². The number of ether oxygens (including phenoxy) is 6. The molecule has 0 amide bonds. The molecule has 1 aliphatic heterocycles. The van der Waals surface area contributed by atoms with E-state index < -0.39 is 66.7 Å². The van der Waals surface area contributed by atoms with Crippen molar-refractivity contribution in [1.29, 1.82) is 0 Å². The summed E-state index contributed by atoms with van der Waals surface area (Å²) in [5.41, 5.74) is 1.03. The van der Waals surface area contributed by atoms with E-state index in [9.17, 15) is 28.7 Å². The van der Waals surface area contributed by atoms with Gasteiger partial charge in [0.25, 0.3) is 0 Å². The van der Waals surface area contributed by atoms with Crippen molar-refractivity contribution in [2.75, 3.05) is 6.61 Å². The first-order valence-electron chi connectivity index (χ1n) is 11.9. The second kappa shape index (κ2) is 12.7. The average Bonchev–Trinajstić information content (AvgIpc) is 3.16. The highest BCUT2D eigenvalue weighted by molar-refractivity contribution is 9.10. The van der Waals surface area contributed by atoms with Crippen LogP contribution in [0.4, 0.5) is 4.39 Å². The van der Waals surface area contributed by atoms with E-state index in [1.54, 1.807) is 19.1 Å². The SMILES string of the molecule is CC(=O)OC[C@H]1O[C@@](O)(Oc2n[nH]c(C)c2Cc2ccc(Br)cc2F)[C@H](OC(C)=O)[C@@H](OC(C)=O)[C@@H]1OC(C)=O. The maximum atomic E-state index is 14.6. The van der Waals surface area contributed by atoms with Crippen molar-refractivity contribution in [2.24, 2.45) is 0 Å². The van der Waals surface area contributed by atoms with Crippen LogP contribution >= 0.6 is 15.9 Å². The van der Waals surface area contributed by atoms with Crippen LogP contribution in [0, 0.1) is 12.7 Å². The second-order valence-corrected chi connectivity index (χ2v) is 9.83. The molecular formula is C25H28BrFN2O11. The van der Waals surface area contributed by atoms with E-state index >= 15 is 0 Å². The summed E-state index contributed by atoms with van der Waals surface area (Å²) >= 11 is 3.20. The van der Waals surface area contributed by atoms with Gasteiger partial charge in [-0.1, -0.05) is 22.0 Å². The Morgan fingerprint density at radius 1 is 1.05 bits per heavy atom. The molecule has 218 valence electrons. The molecule has 15 heteroatoms. The van der Waals surface area contributed by atoms with Gasteiger partial charge in [-0.25, -0.2) is 4.39 Å². The quantitative estimate of drug-likeness (QED) is 0.235. The first-order chi connectivity index (χ1) is 18.7. The average molecular weight is 631 g/mol. The number of nitrogens with zero attached hydrogens (tertiary/aromatic N) is 1. The van der Waals surface area contributed by atoms with E-state index in [2.05, 4.69) is 26.1 Å². The van der Waals surface area contributed by atoms with E-state index in [1.165, 1.54) is 6.07 Å². The summed E-state index contributed by atoms with van der Waals surface area (Å²) in [7, 11) is 0. The minimum absolute atomic E-state index is 0.0363. The van der Waals surface area contributed by atoms with E-state index in [-0.39, 0.29) is 17.9 Å². The first-order valence-corrected chi connectivity index (χ1v) is 12.7. The van der Waals surface area contributed by atoms with Crippen LogP contribution in [0.3, 0.4) is 0 Å². The van der Waals surface area contributed by atoms with Gasteiger partial charge in [-0.05, 0) is 24.6 Å². The molecule has 1 aromatic carbocycles. The van der Waals surface area contributed by atoms with Crippen LogP contribution in [0.25, 0.3) is 0 Å². The Morgan fingerprint density at radius 2 is 1.68 bits per heavy atom. The summed E-state index contributed by atoms with van der Waals surface area (Å²) < 4.78 is 47.4. The zero-order chi connectivity index (χ0) is 29.8. The number of carbonyl (C=O) groups excluding carboxylic acids is 4. The van der Waals surface area contributed by atoms with Crippen LogP contribution < -0.4 is 4.74 Å². The lowest BCUT2D eigenvalue weighted by atomic mass is 9.96. The number of carbonyl (C=O) groups is 4. The van der Waals surface area contributed by atoms with Crippen molar-refractivity contribution < 1.29 is 57.1 Å². The molecule has 2 N–H and O–H groups in total. The summed E-state index contributed by atoms with van der Waals surface area (Å²) in [6.45, 7) is 5.26. The largest absolute Gasteiger partial charge is 0.463 e. The zero-order valence-electron chi connectivity index (χ0n) is 22.2. The fourth-order valence-corrected chi connectivity index (χ4v) is 4.38. The highest BCUT2D eigenvalue weighted by Gasteiger charge is 2.62. The molecule has 13 nitrogen and oxygen atoms in total. The monoisotopic (exact) mass is 630 g/mol. The molecule has 0 bridgehead atoms. The van der Waals surface area contributed by atoms with Crippen molar-refractivity contribution in [1.82, 2.24) is 10.2 Å². The number of rotatable bonds is 9. The molecule has 3 rings (SSSR count). The minimum Gasteiger partial charge on any atom is -0.463 e. The number of H-pyrrole nitrogens is 1. The summed E-state index contributed by atoms with van der Waals surface area (Å²) in [6, 6.07) is 4.46. The maximum Gasteiger partial charge on any atom is 0.369 e. The number of esters is 4. The molecule has 40 heavy (non-hydrogen) atoms. The lowest BCUT2D eigenvalue weighted by Crippen LogP contribution is -2.70. The van der Waals surface area contributed by atoms with Gasteiger partial charge in [-0.3, -0.25) is 24.3 Å².